The number of hydrogen-bond donors (Lipinski definition) is 2. The van der Waals surface area contributed by atoms with E-state index >= 15 is 0 Å². The number of sulfonamides is 1. The van der Waals surface area contributed by atoms with Crippen LogP contribution >= 0.6 is 0 Å². The summed E-state index contributed by atoms with van der Waals surface area (Å²) in [5.41, 5.74) is 0. The third-order valence-electron chi connectivity index (χ3n) is 2.85. The van der Waals surface area contributed by atoms with E-state index in [1.165, 1.54) is 12.1 Å². The minimum absolute atomic E-state index is 0.359. The van der Waals surface area contributed by atoms with Crippen LogP contribution in [-0.4, -0.2) is 48.8 Å². The molecule has 20 heavy (non-hydrogen) atoms. The highest BCUT2D eigenvalue weighted by atomic mass is 32.2. The molecule has 1 heterocycles. The summed E-state index contributed by atoms with van der Waals surface area (Å²) >= 11 is 0. The van der Waals surface area contributed by atoms with E-state index < -0.39 is 45.2 Å². The molecule has 0 radical (unpaired) electrons. The van der Waals surface area contributed by atoms with Gasteiger partial charge in [0.05, 0.1) is 6.54 Å². The number of rotatable bonds is 3. The number of benzene rings is 1. The Labute approximate surface area is 114 Å². The molecule has 1 saturated heterocycles. The van der Waals surface area contributed by atoms with Crippen molar-refractivity contribution < 1.29 is 27.5 Å². The van der Waals surface area contributed by atoms with Gasteiger partial charge in [-0.2, -0.15) is 4.31 Å². The summed E-state index contributed by atoms with van der Waals surface area (Å²) in [5, 5.41) is 11.3. The molecule has 2 rings (SSSR count). The van der Waals surface area contributed by atoms with Crippen molar-refractivity contribution in [2.45, 2.75) is 10.9 Å². The van der Waals surface area contributed by atoms with Crippen LogP contribution in [0.1, 0.15) is 0 Å². The molecule has 1 aliphatic rings. The zero-order valence-electron chi connectivity index (χ0n) is 10.1. The summed E-state index contributed by atoms with van der Waals surface area (Å²) < 4.78 is 38.7. The number of carbonyl (C=O) groups excluding carboxylic acids is 1. The highest BCUT2D eigenvalue weighted by molar-refractivity contribution is 7.89. The average Bonchev–Trinajstić information content (AvgIpc) is 2.38. The Morgan fingerprint density at radius 3 is 2.65 bits per heavy atom. The number of nitrogens with one attached hydrogen (secondary N) is 1. The first-order chi connectivity index (χ1) is 9.34. The summed E-state index contributed by atoms with van der Waals surface area (Å²) in [6.07, 6.45) is 0. The van der Waals surface area contributed by atoms with Gasteiger partial charge in [-0.15, -0.1) is 0 Å². The molecule has 0 bridgehead atoms. The van der Waals surface area contributed by atoms with Gasteiger partial charge < -0.3 is 10.4 Å². The molecule has 1 atom stereocenters. The van der Waals surface area contributed by atoms with Gasteiger partial charge in [-0.3, -0.25) is 9.59 Å². The van der Waals surface area contributed by atoms with Crippen molar-refractivity contribution in [2.75, 3.05) is 13.1 Å². The first-order valence-corrected chi connectivity index (χ1v) is 7.04. The molecule has 1 aromatic carbocycles. The largest absolute Gasteiger partial charge is 0.480 e. The van der Waals surface area contributed by atoms with Gasteiger partial charge in [0.1, 0.15) is 16.8 Å². The number of hydrogen-bond acceptors (Lipinski definition) is 4. The number of aliphatic carboxylic acids is 1. The standard InChI is InChI=1S/C11H11FN2O5S/c12-7-3-1-2-4-9(7)20(18,19)14-6-10(15)13-5-8(14)11(16)17/h1-4,8H,5-6H2,(H,13,15)(H,16,17). The Kier molecular flexibility index (Phi) is 3.73. The lowest BCUT2D eigenvalue weighted by Crippen LogP contribution is -2.59. The maximum Gasteiger partial charge on any atom is 0.323 e. The molecule has 0 aliphatic carbocycles. The third kappa shape index (κ3) is 2.49. The summed E-state index contributed by atoms with van der Waals surface area (Å²) in [6.45, 7) is -1.02. The number of carboxylic acid groups (broad SMARTS) is 1. The smallest absolute Gasteiger partial charge is 0.323 e. The monoisotopic (exact) mass is 302 g/mol. The van der Waals surface area contributed by atoms with E-state index in [1.807, 2.05) is 0 Å². The van der Waals surface area contributed by atoms with E-state index in [4.69, 9.17) is 5.11 Å². The number of carbonyl (C=O) groups is 2. The number of halogens is 1. The van der Waals surface area contributed by atoms with Crippen molar-refractivity contribution in [3.8, 4) is 0 Å². The van der Waals surface area contributed by atoms with E-state index in [0.717, 1.165) is 12.1 Å². The van der Waals surface area contributed by atoms with E-state index in [9.17, 15) is 22.4 Å². The van der Waals surface area contributed by atoms with Crippen molar-refractivity contribution in [3.63, 3.8) is 0 Å². The maximum absolute atomic E-state index is 13.6. The van der Waals surface area contributed by atoms with Gasteiger partial charge in [0.25, 0.3) is 0 Å². The summed E-state index contributed by atoms with van der Waals surface area (Å²) in [6, 6.07) is 3.14. The van der Waals surface area contributed by atoms with Gasteiger partial charge in [0, 0.05) is 6.54 Å². The fourth-order valence-corrected chi connectivity index (χ4v) is 3.47. The lowest BCUT2D eigenvalue weighted by molar-refractivity contribution is -0.143. The van der Waals surface area contributed by atoms with Gasteiger partial charge >= 0.3 is 5.97 Å². The van der Waals surface area contributed by atoms with Crippen LogP contribution in [0.15, 0.2) is 29.2 Å². The van der Waals surface area contributed by atoms with Gasteiger partial charge in [0.15, 0.2) is 0 Å². The predicted molar refractivity (Wildman–Crippen MR) is 64.7 cm³/mol. The number of carboxylic acids is 1. The normalized spacial score (nSPS) is 20.4. The molecule has 1 fully saturated rings. The second-order valence-electron chi connectivity index (χ2n) is 4.14. The molecular weight excluding hydrogens is 291 g/mol. The Morgan fingerprint density at radius 1 is 1.40 bits per heavy atom. The Balaban J connectivity index is 2.48. The molecule has 9 heteroatoms. The van der Waals surface area contributed by atoms with Crippen molar-refractivity contribution in [2.24, 2.45) is 0 Å². The fraction of sp³-hybridized carbons (Fsp3) is 0.273. The van der Waals surface area contributed by atoms with E-state index in [1.54, 1.807) is 0 Å². The molecule has 1 aliphatic heterocycles. The minimum atomic E-state index is -4.40. The molecule has 0 aromatic heterocycles. The molecule has 1 unspecified atom stereocenters. The van der Waals surface area contributed by atoms with Crippen LogP contribution in [0.5, 0.6) is 0 Å². The molecular formula is C11H11FN2O5S. The SMILES string of the molecule is O=C1CN(S(=O)(=O)c2ccccc2F)C(C(=O)O)CN1. The van der Waals surface area contributed by atoms with Gasteiger partial charge in [-0.25, -0.2) is 12.8 Å². The van der Waals surface area contributed by atoms with E-state index in [0.29, 0.717) is 4.31 Å². The molecule has 1 aromatic rings. The quantitative estimate of drug-likeness (QED) is 0.776. The zero-order valence-corrected chi connectivity index (χ0v) is 10.9. The van der Waals surface area contributed by atoms with Crippen molar-refractivity contribution >= 4 is 21.9 Å². The lowest BCUT2D eigenvalue weighted by Gasteiger charge is -2.31. The second-order valence-corrected chi connectivity index (χ2v) is 6.00. The first-order valence-electron chi connectivity index (χ1n) is 5.60. The first kappa shape index (κ1) is 14.4. The lowest BCUT2D eigenvalue weighted by atomic mass is 10.2. The molecule has 7 nitrogen and oxygen atoms in total. The van der Waals surface area contributed by atoms with Crippen molar-refractivity contribution in [3.05, 3.63) is 30.1 Å². The van der Waals surface area contributed by atoms with Crippen LogP contribution < -0.4 is 5.32 Å². The van der Waals surface area contributed by atoms with Gasteiger partial charge in [-0.1, -0.05) is 12.1 Å². The van der Waals surface area contributed by atoms with Gasteiger partial charge in [0.2, 0.25) is 15.9 Å². The predicted octanol–water partition coefficient (Wildman–Crippen LogP) is -0.601. The van der Waals surface area contributed by atoms with Crippen LogP contribution in [-0.2, 0) is 19.6 Å². The number of piperazine rings is 1. The molecule has 108 valence electrons. The molecule has 2 N–H and O–H groups in total. The molecule has 0 saturated carbocycles. The van der Waals surface area contributed by atoms with Crippen LogP contribution in [0.2, 0.25) is 0 Å². The highest BCUT2D eigenvalue weighted by Gasteiger charge is 2.41. The van der Waals surface area contributed by atoms with Crippen LogP contribution in [0, 0.1) is 5.82 Å². The highest BCUT2D eigenvalue weighted by Crippen LogP contribution is 2.22. The third-order valence-corrected chi connectivity index (χ3v) is 4.74. The van der Waals surface area contributed by atoms with Crippen LogP contribution in [0.4, 0.5) is 4.39 Å². The van der Waals surface area contributed by atoms with Crippen LogP contribution in [0.3, 0.4) is 0 Å². The maximum atomic E-state index is 13.6. The summed E-state index contributed by atoms with van der Waals surface area (Å²) in [7, 11) is -4.40. The minimum Gasteiger partial charge on any atom is -0.480 e. The average molecular weight is 302 g/mol. The Hall–Kier alpha value is -2.00. The molecule has 1 amide bonds. The molecule has 0 spiro atoms. The Morgan fingerprint density at radius 2 is 2.05 bits per heavy atom. The van der Waals surface area contributed by atoms with E-state index in [2.05, 4.69) is 5.32 Å². The van der Waals surface area contributed by atoms with Crippen LogP contribution in [0.25, 0.3) is 0 Å². The topological polar surface area (TPSA) is 104 Å². The summed E-state index contributed by atoms with van der Waals surface area (Å²) in [4.78, 5) is 21.7. The second kappa shape index (κ2) is 5.17. The van der Waals surface area contributed by atoms with Crippen molar-refractivity contribution in [1.82, 2.24) is 9.62 Å². The number of nitrogens with zero attached hydrogens (tertiary/aromatic N) is 1. The number of amides is 1. The fourth-order valence-electron chi connectivity index (χ4n) is 1.86. The summed E-state index contributed by atoms with van der Waals surface area (Å²) in [5.74, 6) is -3.05. The Bertz CT molecular complexity index is 661. The van der Waals surface area contributed by atoms with E-state index in [-0.39, 0.29) is 6.54 Å². The van der Waals surface area contributed by atoms with Crippen molar-refractivity contribution in [1.29, 1.82) is 0 Å². The zero-order chi connectivity index (χ0) is 14.9. The van der Waals surface area contributed by atoms with Gasteiger partial charge in [-0.05, 0) is 12.1 Å².